The van der Waals surface area contributed by atoms with Crippen molar-refractivity contribution in [3.05, 3.63) is 34.3 Å². The molecule has 0 radical (unpaired) electrons. The van der Waals surface area contributed by atoms with Crippen LogP contribution >= 0.6 is 11.6 Å². The summed E-state index contributed by atoms with van der Waals surface area (Å²) < 4.78 is 0. The van der Waals surface area contributed by atoms with Crippen molar-refractivity contribution in [3.63, 3.8) is 0 Å². The van der Waals surface area contributed by atoms with Crippen LogP contribution in [0.25, 0.3) is 0 Å². The van der Waals surface area contributed by atoms with Gasteiger partial charge < -0.3 is 16.3 Å². The number of benzene rings is 1. The summed E-state index contributed by atoms with van der Waals surface area (Å²) in [6, 6.07) is 5.03. The zero-order chi connectivity index (χ0) is 12.8. The van der Waals surface area contributed by atoms with Gasteiger partial charge in [0.1, 0.15) is 5.84 Å². The van der Waals surface area contributed by atoms with Crippen molar-refractivity contribution in [1.82, 2.24) is 5.32 Å². The van der Waals surface area contributed by atoms with Gasteiger partial charge in [-0.15, -0.1) is 0 Å². The molecule has 0 unspecified atom stereocenters. The van der Waals surface area contributed by atoms with Crippen molar-refractivity contribution >= 4 is 23.3 Å². The first-order chi connectivity index (χ1) is 8.04. The molecule has 0 saturated heterocycles. The molecule has 0 aliphatic carbocycles. The highest BCUT2D eigenvalue weighted by Crippen LogP contribution is 2.16. The number of carbonyl (C=O) groups is 1. The molecule has 5 nitrogen and oxygen atoms in total. The Morgan fingerprint density at radius 1 is 1.59 bits per heavy atom. The Kier molecular flexibility index (Phi) is 4.78. The van der Waals surface area contributed by atoms with Gasteiger partial charge in [-0.05, 0) is 30.7 Å². The van der Waals surface area contributed by atoms with Gasteiger partial charge in [-0.1, -0.05) is 16.8 Å². The van der Waals surface area contributed by atoms with Crippen LogP contribution < -0.4 is 11.1 Å². The van der Waals surface area contributed by atoms with Crippen LogP contribution in [-0.4, -0.2) is 23.5 Å². The van der Waals surface area contributed by atoms with Crippen molar-refractivity contribution < 1.29 is 10.0 Å². The summed E-state index contributed by atoms with van der Waals surface area (Å²) in [5, 5.41) is 14.4. The molecule has 0 heterocycles. The maximum atomic E-state index is 11.7. The minimum absolute atomic E-state index is 0.0811. The third-order valence-electron chi connectivity index (χ3n) is 2.22. The molecular formula is C11H14ClN3O2. The molecule has 0 fully saturated rings. The predicted octanol–water partition coefficient (Wildman–Crippen LogP) is 1.51. The quantitative estimate of drug-likeness (QED) is 0.330. The lowest BCUT2D eigenvalue weighted by Gasteiger charge is -2.06. The summed E-state index contributed by atoms with van der Waals surface area (Å²) in [5.74, 6) is -0.131. The van der Waals surface area contributed by atoms with Crippen molar-refractivity contribution in [2.45, 2.75) is 13.3 Å². The van der Waals surface area contributed by atoms with Crippen molar-refractivity contribution in [2.75, 3.05) is 6.54 Å². The fourth-order valence-corrected chi connectivity index (χ4v) is 1.36. The van der Waals surface area contributed by atoms with Gasteiger partial charge in [0.2, 0.25) is 0 Å². The minimum atomic E-state index is -0.212. The molecule has 1 rings (SSSR count). The molecule has 0 aliphatic heterocycles. The summed E-state index contributed by atoms with van der Waals surface area (Å²) in [5.41, 5.74) is 6.65. The van der Waals surface area contributed by atoms with E-state index in [2.05, 4.69) is 10.5 Å². The number of amides is 1. The molecule has 0 bridgehead atoms. The molecule has 0 saturated carbocycles. The highest BCUT2D eigenvalue weighted by atomic mass is 35.5. The van der Waals surface area contributed by atoms with Crippen LogP contribution in [0, 0.1) is 6.92 Å². The molecule has 4 N–H and O–H groups in total. The van der Waals surface area contributed by atoms with Crippen molar-refractivity contribution in [3.8, 4) is 0 Å². The standard InChI is InChI=1S/C11H14ClN3O2/c1-7-6-8(2-3-9(7)12)11(16)14-5-4-10(13)15-17/h2-3,6,17H,4-5H2,1H3,(H2,13,15)(H,14,16). The third-order valence-corrected chi connectivity index (χ3v) is 2.64. The lowest BCUT2D eigenvalue weighted by atomic mass is 10.1. The number of oxime groups is 1. The van der Waals surface area contributed by atoms with Crippen LogP contribution in [0.5, 0.6) is 0 Å². The van der Waals surface area contributed by atoms with Gasteiger partial charge in [-0.2, -0.15) is 0 Å². The van der Waals surface area contributed by atoms with E-state index in [0.717, 1.165) is 5.56 Å². The zero-order valence-corrected chi connectivity index (χ0v) is 10.2. The molecule has 0 aliphatic rings. The average molecular weight is 256 g/mol. The number of hydrogen-bond acceptors (Lipinski definition) is 3. The van der Waals surface area contributed by atoms with E-state index >= 15 is 0 Å². The Bertz CT molecular complexity index is 446. The number of rotatable bonds is 4. The SMILES string of the molecule is Cc1cc(C(=O)NCC/C(N)=N/O)ccc1Cl. The number of nitrogens with zero attached hydrogens (tertiary/aromatic N) is 1. The normalized spacial score (nSPS) is 11.3. The van der Waals surface area contributed by atoms with Gasteiger partial charge in [0.15, 0.2) is 0 Å². The van der Waals surface area contributed by atoms with Gasteiger partial charge in [0, 0.05) is 23.6 Å². The smallest absolute Gasteiger partial charge is 0.251 e. The fourth-order valence-electron chi connectivity index (χ4n) is 1.24. The number of halogens is 1. The highest BCUT2D eigenvalue weighted by molar-refractivity contribution is 6.31. The lowest BCUT2D eigenvalue weighted by Crippen LogP contribution is -2.28. The van der Waals surface area contributed by atoms with Crippen LogP contribution in [0.15, 0.2) is 23.4 Å². The summed E-state index contributed by atoms with van der Waals surface area (Å²) in [6.45, 7) is 2.14. The second-order valence-corrected chi connectivity index (χ2v) is 3.97. The number of carbonyl (C=O) groups excluding carboxylic acids is 1. The first-order valence-corrected chi connectivity index (χ1v) is 5.43. The zero-order valence-electron chi connectivity index (χ0n) is 9.40. The van der Waals surface area contributed by atoms with Gasteiger partial charge in [0.05, 0.1) is 0 Å². The Balaban J connectivity index is 2.55. The number of nitrogens with two attached hydrogens (primary N) is 1. The Hall–Kier alpha value is -1.75. The molecule has 1 aromatic rings. The number of nitrogens with one attached hydrogen (secondary N) is 1. The predicted molar refractivity (Wildman–Crippen MR) is 66.5 cm³/mol. The van der Waals surface area contributed by atoms with E-state index < -0.39 is 0 Å². The van der Waals surface area contributed by atoms with E-state index in [1.807, 2.05) is 6.92 Å². The highest BCUT2D eigenvalue weighted by Gasteiger charge is 2.06. The minimum Gasteiger partial charge on any atom is -0.409 e. The molecular weight excluding hydrogens is 242 g/mol. The summed E-state index contributed by atoms with van der Waals surface area (Å²) in [4.78, 5) is 11.7. The molecule has 92 valence electrons. The Morgan fingerprint density at radius 3 is 2.88 bits per heavy atom. The van der Waals surface area contributed by atoms with Crippen molar-refractivity contribution in [1.29, 1.82) is 0 Å². The average Bonchev–Trinajstić information content (AvgIpc) is 2.32. The Labute approximate surface area is 104 Å². The van der Waals surface area contributed by atoms with Gasteiger partial charge in [-0.3, -0.25) is 4.79 Å². The van der Waals surface area contributed by atoms with E-state index in [4.69, 9.17) is 22.5 Å². The van der Waals surface area contributed by atoms with Crippen LogP contribution in [0.2, 0.25) is 5.02 Å². The van der Waals surface area contributed by atoms with E-state index in [-0.39, 0.29) is 11.7 Å². The maximum Gasteiger partial charge on any atom is 0.251 e. The van der Waals surface area contributed by atoms with Crippen LogP contribution in [0.4, 0.5) is 0 Å². The van der Waals surface area contributed by atoms with Gasteiger partial charge in [0.25, 0.3) is 5.91 Å². The monoisotopic (exact) mass is 255 g/mol. The van der Waals surface area contributed by atoms with Crippen LogP contribution in [0.1, 0.15) is 22.3 Å². The topological polar surface area (TPSA) is 87.7 Å². The number of amidine groups is 1. The van der Waals surface area contributed by atoms with E-state index in [1.54, 1.807) is 18.2 Å². The Morgan fingerprint density at radius 2 is 2.29 bits per heavy atom. The second kappa shape index (κ2) is 6.10. The summed E-state index contributed by atoms with van der Waals surface area (Å²) in [7, 11) is 0. The number of hydrogen-bond donors (Lipinski definition) is 3. The first kappa shape index (κ1) is 13.3. The lowest BCUT2D eigenvalue weighted by molar-refractivity contribution is 0.0954. The molecule has 1 amide bonds. The first-order valence-electron chi connectivity index (χ1n) is 5.05. The van der Waals surface area contributed by atoms with E-state index in [9.17, 15) is 4.79 Å². The van der Waals surface area contributed by atoms with Crippen LogP contribution in [0.3, 0.4) is 0 Å². The molecule has 0 spiro atoms. The second-order valence-electron chi connectivity index (χ2n) is 3.56. The van der Waals surface area contributed by atoms with Gasteiger partial charge >= 0.3 is 0 Å². The molecule has 6 heteroatoms. The van der Waals surface area contributed by atoms with Crippen LogP contribution in [-0.2, 0) is 0 Å². The van der Waals surface area contributed by atoms with Crippen molar-refractivity contribution in [2.24, 2.45) is 10.9 Å². The van der Waals surface area contributed by atoms with Gasteiger partial charge in [-0.25, -0.2) is 0 Å². The number of aryl methyl sites for hydroxylation is 1. The fraction of sp³-hybridized carbons (Fsp3) is 0.273. The molecule has 17 heavy (non-hydrogen) atoms. The molecule has 1 aromatic carbocycles. The molecule has 0 atom stereocenters. The summed E-state index contributed by atoms with van der Waals surface area (Å²) >= 11 is 5.86. The maximum absolute atomic E-state index is 11.7. The largest absolute Gasteiger partial charge is 0.409 e. The summed E-state index contributed by atoms with van der Waals surface area (Å²) in [6.07, 6.45) is 0.300. The molecule has 0 aromatic heterocycles. The van der Waals surface area contributed by atoms with E-state index in [0.29, 0.717) is 23.6 Å². The van der Waals surface area contributed by atoms with E-state index in [1.165, 1.54) is 0 Å². The third kappa shape index (κ3) is 3.96.